The SMILES string of the molecule is CCNC1c2ccccc2CCCC1SC1CCOCC1. The van der Waals surface area contributed by atoms with Crippen molar-refractivity contribution in [2.45, 2.75) is 55.6 Å². The Morgan fingerprint density at radius 2 is 2.00 bits per heavy atom. The van der Waals surface area contributed by atoms with E-state index < -0.39 is 0 Å². The first-order valence-corrected chi connectivity index (χ1v) is 9.37. The fourth-order valence-electron chi connectivity index (χ4n) is 3.59. The van der Waals surface area contributed by atoms with E-state index in [0.717, 1.165) is 25.0 Å². The van der Waals surface area contributed by atoms with Crippen molar-refractivity contribution in [1.82, 2.24) is 5.32 Å². The third-order valence-electron chi connectivity index (χ3n) is 4.66. The molecule has 1 aliphatic heterocycles. The van der Waals surface area contributed by atoms with Gasteiger partial charge in [-0.05, 0) is 49.8 Å². The smallest absolute Gasteiger partial charge is 0.0476 e. The Labute approximate surface area is 133 Å². The molecule has 1 aromatic carbocycles. The molecule has 1 aliphatic carbocycles. The normalized spacial score (nSPS) is 27.1. The minimum atomic E-state index is 0.515. The van der Waals surface area contributed by atoms with Crippen LogP contribution in [0.25, 0.3) is 0 Å². The first kappa shape index (κ1) is 15.4. The molecule has 0 spiro atoms. The molecule has 0 radical (unpaired) electrons. The van der Waals surface area contributed by atoms with Crippen LogP contribution in [-0.2, 0) is 11.2 Å². The van der Waals surface area contributed by atoms with Crippen molar-refractivity contribution in [2.75, 3.05) is 19.8 Å². The Bertz CT molecular complexity index is 445. The van der Waals surface area contributed by atoms with Gasteiger partial charge in [0.05, 0.1) is 0 Å². The molecule has 1 N–H and O–H groups in total. The lowest BCUT2D eigenvalue weighted by molar-refractivity contribution is 0.0998. The van der Waals surface area contributed by atoms with Crippen LogP contribution in [-0.4, -0.2) is 30.3 Å². The molecular formula is C18H27NOS. The van der Waals surface area contributed by atoms with E-state index in [1.165, 1.54) is 32.1 Å². The van der Waals surface area contributed by atoms with Gasteiger partial charge in [0.2, 0.25) is 0 Å². The highest BCUT2D eigenvalue weighted by atomic mass is 32.2. The van der Waals surface area contributed by atoms with E-state index in [2.05, 4.69) is 48.3 Å². The van der Waals surface area contributed by atoms with Gasteiger partial charge in [0, 0.05) is 29.8 Å². The number of ether oxygens (including phenoxy) is 1. The number of thioether (sulfide) groups is 1. The van der Waals surface area contributed by atoms with Crippen LogP contribution in [0.3, 0.4) is 0 Å². The maximum atomic E-state index is 5.52. The number of fused-ring (bicyclic) bond motifs is 1. The van der Waals surface area contributed by atoms with Crippen LogP contribution >= 0.6 is 11.8 Å². The van der Waals surface area contributed by atoms with Crippen molar-refractivity contribution in [3.05, 3.63) is 35.4 Å². The van der Waals surface area contributed by atoms with Crippen molar-refractivity contribution in [1.29, 1.82) is 0 Å². The standard InChI is InChI=1S/C18H27NOS/c1-2-19-18-16-8-4-3-6-14(16)7-5-9-17(18)21-15-10-12-20-13-11-15/h3-4,6,8,15,17-19H,2,5,7,9-13H2,1H3. The molecule has 116 valence electrons. The van der Waals surface area contributed by atoms with E-state index in [9.17, 15) is 0 Å². The molecule has 0 bridgehead atoms. The molecule has 3 rings (SSSR count). The van der Waals surface area contributed by atoms with E-state index in [1.54, 1.807) is 11.1 Å². The lowest BCUT2D eigenvalue weighted by atomic mass is 9.99. The van der Waals surface area contributed by atoms with Gasteiger partial charge in [-0.2, -0.15) is 11.8 Å². The summed E-state index contributed by atoms with van der Waals surface area (Å²) in [4.78, 5) is 0. The third-order valence-corrected chi connectivity index (χ3v) is 6.37. The van der Waals surface area contributed by atoms with Gasteiger partial charge in [-0.15, -0.1) is 0 Å². The number of rotatable bonds is 4. The van der Waals surface area contributed by atoms with Crippen molar-refractivity contribution in [3.8, 4) is 0 Å². The quantitative estimate of drug-likeness (QED) is 0.851. The summed E-state index contributed by atoms with van der Waals surface area (Å²) in [6.45, 7) is 5.17. The highest BCUT2D eigenvalue weighted by molar-refractivity contribution is 8.00. The number of aryl methyl sites for hydroxylation is 1. The topological polar surface area (TPSA) is 21.3 Å². The van der Waals surface area contributed by atoms with Crippen molar-refractivity contribution < 1.29 is 4.74 Å². The molecule has 2 aliphatic rings. The first-order chi connectivity index (χ1) is 10.4. The van der Waals surface area contributed by atoms with E-state index in [0.29, 0.717) is 11.3 Å². The van der Waals surface area contributed by atoms with Crippen LogP contribution in [0.2, 0.25) is 0 Å². The maximum Gasteiger partial charge on any atom is 0.0476 e. The predicted molar refractivity (Wildman–Crippen MR) is 91.0 cm³/mol. The zero-order valence-corrected chi connectivity index (χ0v) is 13.8. The number of hydrogen-bond donors (Lipinski definition) is 1. The van der Waals surface area contributed by atoms with Gasteiger partial charge in [-0.3, -0.25) is 0 Å². The maximum absolute atomic E-state index is 5.52. The average molecular weight is 305 g/mol. The Morgan fingerprint density at radius 3 is 2.81 bits per heavy atom. The highest BCUT2D eigenvalue weighted by Crippen LogP contribution is 2.39. The minimum Gasteiger partial charge on any atom is -0.381 e. The molecule has 1 aromatic rings. The zero-order chi connectivity index (χ0) is 14.5. The molecule has 21 heavy (non-hydrogen) atoms. The molecule has 2 atom stereocenters. The largest absolute Gasteiger partial charge is 0.381 e. The molecule has 1 heterocycles. The Balaban J connectivity index is 1.77. The highest BCUT2D eigenvalue weighted by Gasteiger charge is 2.30. The van der Waals surface area contributed by atoms with E-state index in [1.807, 2.05) is 0 Å². The molecule has 3 heteroatoms. The molecular weight excluding hydrogens is 278 g/mol. The van der Waals surface area contributed by atoms with Gasteiger partial charge >= 0.3 is 0 Å². The van der Waals surface area contributed by atoms with Crippen molar-refractivity contribution in [3.63, 3.8) is 0 Å². The number of hydrogen-bond acceptors (Lipinski definition) is 3. The number of benzene rings is 1. The van der Waals surface area contributed by atoms with E-state index >= 15 is 0 Å². The van der Waals surface area contributed by atoms with Gasteiger partial charge in [-0.1, -0.05) is 31.2 Å². The summed E-state index contributed by atoms with van der Waals surface area (Å²) < 4.78 is 5.52. The van der Waals surface area contributed by atoms with E-state index in [4.69, 9.17) is 4.74 Å². The Morgan fingerprint density at radius 1 is 1.19 bits per heavy atom. The van der Waals surface area contributed by atoms with Crippen LogP contribution in [0.5, 0.6) is 0 Å². The van der Waals surface area contributed by atoms with Crippen LogP contribution in [0.1, 0.15) is 49.8 Å². The molecule has 1 saturated heterocycles. The van der Waals surface area contributed by atoms with Crippen LogP contribution in [0, 0.1) is 0 Å². The second-order valence-electron chi connectivity index (χ2n) is 6.11. The van der Waals surface area contributed by atoms with Crippen molar-refractivity contribution in [2.24, 2.45) is 0 Å². The van der Waals surface area contributed by atoms with Crippen LogP contribution in [0.4, 0.5) is 0 Å². The Kier molecular flexibility index (Phi) is 5.61. The fourth-order valence-corrected chi connectivity index (χ4v) is 5.25. The lowest BCUT2D eigenvalue weighted by Crippen LogP contribution is -2.32. The monoisotopic (exact) mass is 305 g/mol. The molecule has 0 saturated carbocycles. The van der Waals surface area contributed by atoms with Gasteiger partial charge in [-0.25, -0.2) is 0 Å². The van der Waals surface area contributed by atoms with Crippen LogP contribution < -0.4 is 5.32 Å². The molecule has 0 aromatic heterocycles. The summed E-state index contributed by atoms with van der Waals surface area (Å²) in [5.41, 5.74) is 3.10. The summed E-state index contributed by atoms with van der Waals surface area (Å²) in [6.07, 6.45) is 6.33. The average Bonchev–Trinajstić information content (AvgIpc) is 2.69. The zero-order valence-electron chi connectivity index (χ0n) is 13.0. The summed E-state index contributed by atoms with van der Waals surface area (Å²) >= 11 is 2.22. The van der Waals surface area contributed by atoms with E-state index in [-0.39, 0.29) is 0 Å². The minimum absolute atomic E-state index is 0.515. The summed E-state index contributed by atoms with van der Waals surface area (Å²) in [7, 11) is 0. The van der Waals surface area contributed by atoms with Gasteiger partial charge < -0.3 is 10.1 Å². The summed E-state index contributed by atoms with van der Waals surface area (Å²) in [5, 5.41) is 5.26. The van der Waals surface area contributed by atoms with Crippen LogP contribution in [0.15, 0.2) is 24.3 Å². The molecule has 0 amide bonds. The molecule has 2 nitrogen and oxygen atoms in total. The lowest BCUT2D eigenvalue weighted by Gasteiger charge is -2.31. The predicted octanol–water partition coefficient (Wildman–Crippen LogP) is 3.95. The van der Waals surface area contributed by atoms with Gasteiger partial charge in [0.1, 0.15) is 0 Å². The second kappa shape index (κ2) is 7.66. The second-order valence-corrected chi connectivity index (χ2v) is 7.66. The van der Waals surface area contributed by atoms with Gasteiger partial charge in [0.15, 0.2) is 0 Å². The molecule has 2 unspecified atom stereocenters. The fraction of sp³-hybridized carbons (Fsp3) is 0.667. The summed E-state index contributed by atoms with van der Waals surface area (Å²) in [6, 6.07) is 9.56. The van der Waals surface area contributed by atoms with Gasteiger partial charge in [0.25, 0.3) is 0 Å². The third kappa shape index (κ3) is 3.82. The first-order valence-electron chi connectivity index (χ1n) is 8.43. The molecule has 1 fully saturated rings. The Hall–Kier alpha value is -0.510. The van der Waals surface area contributed by atoms with Crippen molar-refractivity contribution >= 4 is 11.8 Å². The number of nitrogens with one attached hydrogen (secondary N) is 1. The summed E-state index contributed by atoms with van der Waals surface area (Å²) in [5.74, 6) is 0.